The topological polar surface area (TPSA) is 66.2 Å². The van der Waals surface area contributed by atoms with E-state index in [2.05, 4.69) is 40.0 Å². The number of carbonyl (C=O) groups is 1. The Morgan fingerprint density at radius 2 is 2.04 bits per heavy atom. The van der Waals surface area contributed by atoms with Crippen LogP contribution in [0.1, 0.15) is 29.0 Å². The van der Waals surface area contributed by atoms with Crippen LogP contribution in [0.25, 0.3) is 10.9 Å². The van der Waals surface area contributed by atoms with Crippen LogP contribution in [0.3, 0.4) is 0 Å². The lowest BCUT2D eigenvalue weighted by Crippen LogP contribution is -2.54. The number of piperidine rings is 1. The van der Waals surface area contributed by atoms with E-state index < -0.39 is 0 Å². The highest BCUT2D eigenvalue weighted by molar-refractivity contribution is 5.88. The van der Waals surface area contributed by atoms with E-state index in [-0.39, 0.29) is 12.1 Å². The fraction of sp³-hybridized carbons (Fsp3) is 0.318. The summed E-state index contributed by atoms with van der Waals surface area (Å²) in [6.07, 6.45) is 3.76. The molecule has 0 bridgehead atoms. The molecule has 1 aliphatic heterocycles. The van der Waals surface area contributed by atoms with Gasteiger partial charge in [0.1, 0.15) is 6.61 Å². The fourth-order valence-corrected chi connectivity index (χ4v) is 4.58. The minimum absolute atomic E-state index is 0.0743. The Morgan fingerprint density at radius 1 is 1.15 bits per heavy atom. The van der Waals surface area contributed by atoms with Crippen LogP contribution in [0, 0.1) is 0 Å². The maximum Gasteiger partial charge on any atom is 0.407 e. The zero-order valence-corrected chi connectivity index (χ0v) is 15.1. The van der Waals surface area contributed by atoms with Gasteiger partial charge in [-0.05, 0) is 35.6 Å². The second-order valence-electron chi connectivity index (χ2n) is 7.55. The molecule has 138 valence electrons. The van der Waals surface area contributed by atoms with Crippen molar-refractivity contribution in [1.29, 1.82) is 0 Å². The lowest BCUT2D eigenvalue weighted by molar-refractivity contribution is 0.131. The average molecular weight is 361 g/mol. The maximum absolute atomic E-state index is 12.2. The monoisotopic (exact) mass is 361 g/mol. The minimum atomic E-state index is -0.347. The highest BCUT2D eigenvalue weighted by Crippen LogP contribution is 2.40. The molecule has 1 aliphatic carbocycles. The van der Waals surface area contributed by atoms with Gasteiger partial charge in [-0.3, -0.25) is 0 Å². The predicted octanol–water partition coefficient (Wildman–Crippen LogP) is 3.46. The smallest absolute Gasteiger partial charge is 0.407 e. The van der Waals surface area contributed by atoms with E-state index in [0.717, 1.165) is 24.9 Å². The molecule has 5 heteroatoms. The number of ether oxygens (including phenoxy) is 1. The van der Waals surface area contributed by atoms with E-state index in [1.54, 1.807) is 0 Å². The number of aromatic nitrogens is 1. The molecule has 3 aromatic rings. The molecular weight excluding hydrogens is 338 g/mol. The number of alkyl carbamates (subject to hydrolysis) is 1. The average Bonchev–Trinajstić information content (AvgIpc) is 3.12. The molecule has 0 saturated carbocycles. The third kappa shape index (κ3) is 3.08. The Kier molecular flexibility index (Phi) is 4.09. The second-order valence-corrected chi connectivity index (χ2v) is 7.55. The summed E-state index contributed by atoms with van der Waals surface area (Å²) in [5, 5.41) is 8.05. The summed E-state index contributed by atoms with van der Waals surface area (Å²) in [6, 6.07) is 16.7. The normalized spacial score (nSPS) is 23.6. The first-order valence-electron chi connectivity index (χ1n) is 9.57. The molecule has 5 rings (SSSR count). The summed E-state index contributed by atoms with van der Waals surface area (Å²) in [5.41, 5.74) is 4.98. The van der Waals surface area contributed by atoms with E-state index in [1.165, 1.54) is 22.0 Å². The molecular formula is C22H23N3O2. The van der Waals surface area contributed by atoms with E-state index >= 15 is 0 Å². The summed E-state index contributed by atoms with van der Waals surface area (Å²) in [4.78, 5) is 15.6. The van der Waals surface area contributed by atoms with Gasteiger partial charge in [0.05, 0.1) is 0 Å². The van der Waals surface area contributed by atoms with E-state index in [1.807, 2.05) is 30.3 Å². The van der Waals surface area contributed by atoms with Crippen molar-refractivity contribution in [3.05, 3.63) is 71.4 Å². The molecule has 1 fully saturated rings. The predicted molar refractivity (Wildman–Crippen MR) is 105 cm³/mol. The number of aromatic amines is 1. The Bertz CT molecular complexity index is 966. The van der Waals surface area contributed by atoms with Crippen LogP contribution in [0.15, 0.2) is 54.7 Å². The van der Waals surface area contributed by atoms with Crippen LogP contribution < -0.4 is 10.6 Å². The molecule has 1 amide bonds. The Labute approximate surface area is 158 Å². The van der Waals surface area contributed by atoms with Crippen LogP contribution in [0.5, 0.6) is 0 Å². The summed E-state index contributed by atoms with van der Waals surface area (Å²) in [7, 11) is 0. The fourth-order valence-electron chi connectivity index (χ4n) is 4.58. The number of benzene rings is 2. The van der Waals surface area contributed by atoms with Crippen LogP contribution >= 0.6 is 0 Å². The molecule has 1 saturated heterocycles. The Hall–Kier alpha value is -2.79. The van der Waals surface area contributed by atoms with E-state index in [0.29, 0.717) is 18.6 Å². The number of hydrogen-bond donors (Lipinski definition) is 3. The maximum atomic E-state index is 12.2. The van der Waals surface area contributed by atoms with Crippen molar-refractivity contribution in [3.8, 4) is 0 Å². The number of carbonyl (C=O) groups excluding carboxylic acids is 1. The summed E-state index contributed by atoms with van der Waals surface area (Å²) in [5.74, 6) is 0.408. The molecule has 27 heavy (non-hydrogen) atoms. The van der Waals surface area contributed by atoms with Gasteiger partial charge in [0, 0.05) is 41.6 Å². The van der Waals surface area contributed by atoms with E-state index in [4.69, 9.17) is 4.74 Å². The highest BCUT2D eigenvalue weighted by Gasteiger charge is 2.36. The van der Waals surface area contributed by atoms with Crippen molar-refractivity contribution in [2.24, 2.45) is 0 Å². The Balaban J connectivity index is 1.26. The molecule has 2 heterocycles. The summed E-state index contributed by atoms with van der Waals surface area (Å²) in [6.45, 7) is 1.07. The van der Waals surface area contributed by atoms with Crippen molar-refractivity contribution >= 4 is 17.0 Å². The highest BCUT2D eigenvalue weighted by atomic mass is 16.5. The van der Waals surface area contributed by atoms with Crippen LogP contribution in [0.4, 0.5) is 4.79 Å². The number of hydrogen-bond acceptors (Lipinski definition) is 3. The van der Waals surface area contributed by atoms with Crippen LogP contribution in [-0.2, 0) is 17.8 Å². The lowest BCUT2D eigenvalue weighted by atomic mass is 9.75. The van der Waals surface area contributed by atoms with Gasteiger partial charge in [-0.15, -0.1) is 0 Å². The van der Waals surface area contributed by atoms with Crippen molar-refractivity contribution in [2.75, 3.05) is 6.54 Å². The SMILES string of the molecule is O=C(NC1CN[C@@H]2Cc3c[nH]c4cccc(c34)[C@H]2C1)OCc1ccccc1. The van der Waals surface area contributed by atoms with Gasteiger partial charge in [-0.25, -0.2) is 4.79 Å². The number of H-pyrrole nitrogens is 1. The largest absolute Gasteiger partial charge is 0.445 e. The number of amides is 1. The molecule has 5 nitrogen and oxygen atoms in total. The zero-order chi connectivity index (χ0) is 18.2. The van der Waals surface area contributed by atoms with E-state index in [9.17, 15) is 4.79 Å². The van der Waals surface area contributed by atoms with Crippen molar-refractivity contribution in [1.82, 2.24) is 15.6 Å². The van der Waals surface area contributed by atoms with Gasteiger partial charge in [-0.2, -0.15) is 0 Å². The van der Waals surface area contributed by atoms with Gasteiger partial charge in [0.15, 0.2) is 0 Å². The summed E-state index contributed by atoms with van der Waals surface area (Å²) >= 11 is 0. The third-order valence-corrected chi connectivity index (χ3v) is 5.84. The van der Waals surface area contributed by atoms with Gasteiger partial charge >= 0.3 is 6.09 Å². The quantitative estimate of drug-likeness (QED) is 0.669. The van der Waals surface area contributed by atoms with Crippen LogP contribution in [-0.4, -0.2) is 29.7 Å². The molecule has 2 aromatic carbocycles. The molecule has 3 atom stereocenters. The number of fused-ring (bicyclic) bond motifs is 2. The molecule has 3 N–H and O–H groups in total. The van der Waals surface area contributed by atoms with Crippen molar-refractivity contribution in [2.45, 2.75) is 37.5 Å². The number of rotatable bonds is 3. The molecule has 1 aromatic heterocycles. The standard InChI is InChI=1S/C22H23N3O2/c26-22(27-13-14-5-2-1-3-6-14)25-16-10-18-17-7-4-8-19-21(17)15(11-23-19)9-20(18)24-12-16/h1-8,11,16,18,20,23-24H,9-10,12-13H2,(H,25,26)/t16?,18-,20-/m1/s1. The molecule has 2 aliphatic rings. The number of nitrogens with one attached hydrogen (secondary N) is 3. The first kappa shape index (κ1) is 16.4. The molecule has 0 radical (unpaired) electrons. The van der Waals surface area contributed by atoms with Gasteiger partial charge in [0.25, 0.3) is 0 Å². The lowest BCUT2D eigenvalue weighted by Gasteiger charge is -2.40. The third-order valence-electron chi connectivity index (χ3n) is 5.84. The molecule has 1 unspecified atom stereocenters. The minimum Gasteiger partial charge on any atom is -0.445 e. The summed E-state index contributed by atoms with van der Waals surface area (Å²) < 4.78 is 5.39. The van der Waals surface area contributed by atoms with Gasteiger partial charge in [-0.1, -0.05) is 42.5 Å². The van der Waals surface area contributed by atoms with Crippen molar-refractivity contribution in [3.63, 3.8) is 0 Å². The molecule has 0 spiro atoms. The second kappa shape index (κ2) is 6.74. The van der Waals surface area contributed by atoms with Crippen LogP contribution in [0.2, 0.25) is 0 Å². The first-order chi connectivity index (χ1) is 13.3. The van der Waals surface area contributed by atoms with Crippen molar-refractivity contribution < 1.29 is 9.53 Å². The first-order valence-corrected chi connectivity index (χ1v) is 9.57. The Morgan fingerprint density at radius 3 is 2.93 bits per heavy atom. The van der Waals surface area contributed by atoms with Gasteiger partial charge < -0.3 is 20.4 Å². The zero-order valence-electron chi connectivity index (χ0n) is 15.1. The van der Waals surface area contributed by atoms with Gasteiger partial charge in [0.2, 0.25) is 0 Å².